The van der Waals surface area contributed by atoms with Crippen LogP contribution >= 0.6 is 0 Å². The zero-order valence-electron chi connectivity index (χ0n) is 11.8. The number of rotatable bonds is 4. The van der Waals surface area contributed by atoms with Gasteiger partial charge >= 0.3 is 0 Å². The Labute approximate surface area is 123 Å². The summed E-state index contributed by atoms with van der Waals surface area (Å²) in [6.07, 6.45) is 3.75. The number of benzene rings is 1. The van der Waals surface area contributed by atoms with Gasteiger partial charge in [-0.25, -0.2) is 13.1 Å². The summed E-state index contributed by atoms with van der Waals surface area (Å²) in [7, 11) is -3.93. The van der Waals surface area contributed by atoms with Gasteiger partial charge in [-0.15, -0.1) is 0 Å². The van der Waals surface area contributed by atoms with Crippen LogP contribution < -0.4 is 10.5 Å². The van der Waals surface area contributed by atoms with Gasteiger partial charge in [0, 0.05) is 17.8 Å². The number of hydrogen-bond donors (Lipinski definition) is 2. The predicted molar refractivity (Wildman–Crippen MR) is 79.3 cm³/mol. The molecular formula is C13H19N3O4S. The molecule has 0 aliphatic heterocycles. The van der Waals surface area contributed by atoms with Crippen molar-refractivity contribution in [2.24, 2.45) is 5.92 Å². The monoisotopic (exact) mass is 313 g/mol. The Hall–Kier alpha value is -1.67. The Morgan fingerprint density at radius 1 is 1.33 bits per heavy atom. The molecule has 0 radical (unpaired) electrons. The Morgan fingerprint density at radius 3 is 2.62 bits per heavy atom. The van der Waals surface area contributed by atoms with Crippen LogP contribution in [0.3, 0.4) is 0 Å². The fourth-order valence-corrected chi connectivity index (χ4v) is 4.19. The summed E-state index contributed by atoms with van der Waals surface area (Å²) >= 11 is 0. The molecule has 116 valence electrons. The van der Waals surface area contributed by atoms with Crippen molar-refractivity contribution in [1.29, 1.82) is 0 Å². The van der Waals surface area contributed by atoms with Crippen LogP contribution in [0.1, 0.15) is 32.6 Å². The van der Waals surface area contributed by atoms with Crippen LogP contribution in [0.5, 0.6) is 0 Å². The lowest BCUT2D eigenvalue weighted by atomic mass is 9.87. The van der Waals surface area contributed by atoms with Crippen LogP contribution in [0.15, 0.2) is 23.1 Å². The van der Waals surface area contributed by atoms with Crippen molar-refractivity contribution >= 4 is 21.4 Å². The van der Waals surface area contributed by atoms with Gasteiger partial charge in [-0.1, -0.05) is 19.8 Å². The van der Waals surface area contributed by atoms with Crippen molar-refractivity contribution in [3.05, 3.63) is 28.3 Å². The average molecular weight is 313 g/mol. The smallest absolute Gasteiger partial charge is 0.291 e. The largest absolute Gasteiger partial charge is 0.399 e. The first-order chi connectivity index (χ1) is 9.81. The van der Waals surface area contributed by atoms with Crippen LogP contribution in [-0.2, 0) is 10.0 Å². The molecule has 1 aliphatic rings. The third-order valence-electron chi connectivity index (χ3n) is 3.89. The van der Waals surface area contributed by atoms with Crippen LogP contribution in [0.25, 0.3) is 0 Å². The van der Waals surface area contributed by atoms with Gasteiger partial charge < -0.3 is 5.73 Å². The number of nitrogen functional groups attached to an aromatic ring is 1. The Morgan fingerprint density at radius 2 is 2.00 bits per heavy atom. The van der Waals surface area contributed by atoms with Gasteiger partial charge in [0.15, 0.2) is 4.90 Å². The molecule has 2 atom stereocenters. The van der Waals surface area contributed by atoms with Crippen LogP contribution in [0.4, 0.5) is 11.4 Å². The van der Waals surface area contributed by atoms with Crippen molar-refractivity contribution in [3.8, 4) is 0 Å². The molecule has 0 spiro atoms. The van der Waals surface area contributed by atoms with Gasteiger partial charge in [-0.3, -0.25) is 10.1 Å². The first kappa shape index (κ1) is 15.7. The first-order valence-electron chi connectivity index (χ1n) is 6.87. The van der Waals surface area contributed by atoms with E-state index in [4.69, 9.17) is 5.73 Å². The summed E-state index contributed by atoms with van der Waals surface area (Å²) in [6, 6.07) is 3.43. The number of nitrogens with zero attached hydrogens (tertiary/aromatic N) is 1. The molecule has 0 aromatic heterocycles. The molecule has 0 saturated heterocycles. The van der Waals surface area contributed by atoms with Gasteiger partial charge in [0.05, 0.1) is 4.92 Å². The number of nitrogens with two attached hydrogens (primary N) is 1. The van der Waals surface area contributed by atoms with Gasteiger partial charge in [-0.05, 0) is 30.9 Å². The highest BCUT2D eigenvalue weighted by Gasteiger charge is 2.31. The molecule has 0 amide bonds. The standard InChI is InChI=1S/C13H19N3O4S/c1-9-4-2-3-5-11(9)15-21(19,20)13-7-6-10(14)8-12(13)16(17)18/h6-9,11,15H,2-5,14H2,1H3. The minimum atomic E-state index is -3.93. The molecule has 1 fully saturated rings. The zero-order chi connectivity index (χ0) is 15.6. The van der Waals surface area contributed by atoms with Crippen molar-refractivity contribution in [1.82, 2.24) is 4.72 Å². The van der Waals surface area contributed by atoms with Crippen LogP contribution in [0, 0.1) is 16.0 Å². The van der Waals surface area contributed by atoms with E-state index in [1.54, 1.807) is 0 Å². The highest BCUT2D eigenvalue weighted by atomic mass is 32.2. The van der Waals surface area contributed by atoms with Gasteiger partial charge in [-0.2, -0.15) is 0 Å². The normalized spacial score (nSPS) is 22.9. The quantitative estimate of drug-likeness (QED) is 0.501. The van der Waals surface area contributed by atoms with E-state index in [1.807, 2.05) is 6.92 Å². The number of anilines is 1. The lowest BCUT2D eigenvalue weighted by molar-refractivity contribution is -0.387. The molecule has 0 heterocycles. The van der Waals surface area contributed by atoms with Crippen LogP contribution in [-0.4, -0.2) is 19.4 Å². The van der Waals surface area contributed by atoms with E-state index >= 15 is 0 Å². The lowest BCUT2D eigenvalue weighted by Crippen LogP contribution is -2.41. The summed E-state index contributed by atoms with van der Waals surface area (Å²) in [5, 5.41) is 11.0. The highest BCUT2D eigenvalue weighted by Crippen LogP contribution is 2.29. The molecule has 0 bridgehead atoms. The number of hydrogen-bond acceptors (Lipinski definition) is 5. The third-order valence-corrected chi connectivity index (χ3v) is 5.42. The summed E-state index contributed by atoms with van der Waals surface area (Å²) in [5.41, 5.74) is 5.16. The van der Waals surface area contributed by atoms with E-state index < -0.39 is 20.6 Å². The summed E-state index contributed by atoms with van der Waals surface area (Å²) in [5.74, 6) is 0.223. The second-order valence-electron chi connectivity index (χ2n) is 5.47. The van der Waals surface area contributed by atoms with Crippen molar-refractivity contribution in [2.45, 2.75) is 43.5 Å². The second kappa shape index (κ2) is 5.98. The number of nitrogens with one attached hydrogen (secondary N) is 1. The van der Waals surface area contributed by atoms with Gasteiger partial charge in [0.1, 0.15) is 0 Å². The minimum absolute atomic E-state index is 0.159. The molecule has 7 nitrogen and oxygen atoms in total. The van der Waals surface area contributed by atoms with Crippen molar-refractivity contribution in [2.75, 3.05) is 5.73 Å². The van der Waals surface area contributed by atoms with Crippen molar-refractivity contribution < 1.29 is 13.3 Å². The van der Waals surface area contributed by atoms with E-state index in [0.29, 0.717) is 0 Å². The molecule has 2 rings (SSSR count). The molecule has 1 saturated carbocycles. The molecule has 1 aliphatic carbocycles. The van der Waals surface area contributed by atoms with E-state index in [0.717, 1.165) is 31.7 Å². The molecule has 1 aromatic carbocycles. The molecular weight excluding hydrogens is 294 g/mol. The maximum atomic E-state index is 12.4. The Bertz CT molecular complexity index is 645. The Balaban J connectivity index is 2.33. The van der Waals surface area contributed by atoms with E-state index in [-0.39, 0.29) is 22.5 Å². The van der Waals surface area contributed by atoms with Crippen molar-refractivity contribution in [3.63, 3.8) is 0 Å². The van der Waals surface area contributed by atoms with E-state index in [1.165, 1.54) is 12.1 Å². The topological polar surface area (TPSA) is 115 Å². The fourth-order valence-electron chi connectivity index (χ4n) is 2.66. The molecule has 3 N–H and O–H groups in total. The summed E-state index contributed by atoms with van der Waals surface area (Å²) in [6.45, 7) is 1.99. The van der Waals surface area contributed by atoms with E-state index in [2.05, 4.69) is 4.72 Å². The van der Waals surface area contributed by atoms with E-state index in [9.17, 15) is 18.5 Å². The first-order valence-corrected chi connectivity index (χ1v) is 8.36. The second-order valence-corrected chi connectivity index (χ2v) is 7.16. The maximum Gasteiger partial charge on any atom is 0.291 e. The van der Waals surface area contributed by atoms with Gasteiger partial charge in [0.2, 0.25) is 10.0 Å². The maximum absolute atomic E-state index is 12.4. The summed E-state index contributed by atoms with van der Waals surface area (Å²) in [4.78, 5) is 9.97. The Kier molecular flexibility index (Phi) is 4.48. The van der Waals surface area contributed by atoms with Gasteiger partial charge in [0.25, 0.3) is 5.69 Å². The molecule has 21 heavy (non-hydrogen) atoms. The number of sulfonamides is 1. The third kappa shape index (κ3) is 3.51. The zero-order valence-corrected chi connectivity index (χ0v) is 12.6. The molecule has 1 aromatic rings. The summed E-state index contributed by atoms with van der Waals surface area (Å²) < 4.78 is 27.5. The number of nitro benzene ring substituents is 1. The molecule has 8 heteroatoms. The number of nitro groups is 1. The minimum Gasteiger partial charge on any atom is -0.399 e. The molecule has 2 unspecified atom stereocenters. The predicted octanol–water partition coefficient (Wildman–Crippen LogP) is 2.03. The SMILES string of the molecule is CC1CCCCC1NS(=O)(=O)c1ccc(N)cc1[N+](=O)[O-]. The highest BCUT2D eigenvalue weighted by molar-refractivity contribution is 7.89. The fraction of sp³-hybridized carbons (Fsp3) is 0.538. The van der Waals surface area contributed by atoms with Crippen LogP contribution in [0.2, 0.25) is 0 Å². The lowest BCUT2D eigenvalue weighted by Gasteiger charge is -2.29. The average Bonchev–Trinajstić information content (AvgIpc) is 2.40.